The number of unbranched alkanes of at least 4 members (excludes halogenated alkanes) is 8. The molecule has 0 spiro atoms. The Labute approximate surface area is 122 Å². The molecule has 0 heterocycles. The first-order valence-electron chi connectivity index (χ1n) is 7.73. The summed E-state index contributed by atoms with van der Waals surface area (Å²) in [5.41, 5.74) is -1.67. The third kappa shape index (κ3) is 6.83. The number of nitrogens with zero attached hydrogens (tertiary/aromatic N) is 1. The van der Waals surface area contributed by atoms with Crippen LogP contribution in [0.25, 0.3) is 0 Å². The Bertz CT molecular complexity index is 315. The van der Waals surface area contributed by atoms with E-state index in [9.17, 15) is 9.59 Å². The number of Topliss-reactive ketones (excluding diaryl/α,β-unsaturated/α-hetero) is 1. The maximum absolute atomic E-state index is 11.8. The summed E-state index contributed by atoms with van der Waals surface area (Å²) in [7, 11) is 0. The van der Waals surface area contributed by atoms with Crippen molar-refractivity contribution in [2.24, 2.45) is 4.99 Å². The van der Waals surface area contributed by atoms with Crippen LogP contribution in [-0.4, -0.2) is 29.1 Å². The molecule has 20 heavy (non-hydrogen) atoms. The molecular formula is C16H29NO3. The highest BCUT2D eigenvalue weighted by molar-refractivity contribution is 6.07. The molecule has 1 N–H and O–H groups in total. The molecule has 0 amide bonds. The zero-order valence-corrected chi connectivity index (χ0v) is 13.0. The van der Waals surface area contributed by atoms with E-state index < -0.39 is 11.5 Å². The van der Waals surface area contributed by atoms with Crippen molar-refractivity contribution in [1.82, 2.24) is 0 Å². The van der Waals surface area contributed by atoms with Crippen molar-refractivity contribution in [2.45, 2.75) is 83.6 Å². The van der Waals surface area contributed by atoms with Crippen LogP contribution in [0.1, 0.15) is 78.1 Å². The zero-order chi connectivity index (χ0) is 15.4. The van der Waals surface area contributed by atoms with E-state index in [2.05, 4.69) is 18.6 Å². The van der Waals surface area contributed by atoms with Crippen molar-refractivity contribution in [3.63, 3.8) is 0 Å². The number of aliphatic carboxylic acids is 1. The summed E-state index contributed by atoms with van der Waals surface area (Å²) in [5, 5.41) is 8.99. The quantitative estimate of drug-likeness (QED) is 0.315. The molecule has 0 aromatic heterocycles. The number of carboxylic acid groups (broad SMARTS) is 1. The Morgan fingerprint density at radius 3 is 1.85 bits per heavy atom. The van der Waals surface area contributed by atoms with Crippen LogP contribution >= 0.6 is 0 Å². The lowest BCUT2D eigenvalue weighted by atomic mass is 9.93. The molecule has 4 nitrogen and oxygen atoms in total. The van der Waals surface area contributed by atoms with Gasteiger partial charge in [-0.2, -0.15) is 0 Å². The molecule has 0 radical (unpaired) electrons. The number of ketones is 1. The van der Waals surface area contributed by atoms with Crippen LogP contribution in [0.2, 0.25) is 0 Å². The van der Waals surface area contributed by atoms with Gasteiger partial charge in [-0.3, -0.25) is 9.79 Å². The Hall–Kier alpha value is -1.19. The van der Waals surface area contributed by atoms with Gasteiger partial charge in [0.1, 0.15) is 0 Å². The molecule has 4 heteroatoms. The minimum atomic E-state index is -1.67. The highest BCUT2D eigenvalue weighted by atomic mass is 16.4. The van der Waals surface area contributed by atoms with Gasteiger partial charge in [-0.1, -0.05) is 58.3 Å². The maximum atomic E-state index is 11.8. The predicted octanol–water partition coefficient (Wildman–Crippen LogP) is 4.02. The molecular weight excluding hydrogens is 254 g/mol. The molecule has 0 aliphatic carbocycles. The highest BCUT2D eigenvalue weighted by Gasteiger charge is 2.38. The van der Waals surface area contributed by atoms with Gasteiger partial charge in [0.25, 0.3) is 0 Å². The number of rotatable bonds is 13. The van der Waals surface area contributed by atoms with Gasteiger partial charge in [-0.15, -0.1) is 0 Å². The van der Waals surface area contributed by atoms with E-state index in [0.29, 0.717) is 0 Å². The van der Waals surface area contributed by atoms with Gasteiger partial charge in [0.05, 0.1) is 0 Å². The van der Waals surface area contributed by atoms with E-state index in [1.165, 1.54) is 45.4 Å². The summed E-state index contributed by atoms with van der Waals surface area (Å²) in [4.78, 5) is 26.3. The van der Waals surface area contributed by atoms with Crippen LogP contribution in [0.3, 0.4) is 0 Å². The second-order valence-corrected chi connectivity index (χ2v) is 5.54. The van der Waals surface area contributed by atoms with Crippen LogP contribution < -0.4 is 0 Å². The normalized spacial score (nSPS) is 13.7. The first-order chi connectivity index (χ1) is 9.49. The topological polar surface area (TPSA) is 66.7 Å². The fraction of sp³-hybridized carbons (Fsp3) is 0.812. The summed E-state index contributed by atoms with van der Waals surface area (Å²) in [6, 6.07) is 0. The molecule has 0 fully saturated rings. The number of carboxylic acids is 1. The monoisotopic (exact) mass is 283 g/mol. The zero-order valence-electron chi connectivity index (χ0n) is 13.0. The summed E-state index contributed by atoms with van der Waals surface area (Å²) >= 11 is 0. The largest absolute Gasteiger partial charge is 0.479 e. The van der Waals surface area contributed by atoms with Crippen molar-refractivity contribution in [3.05, 3.63) is 0 Å². The first-order valence-corrected chi connectivity index (χ1v) is 7.73. The van der Waals surface area contributed by atoms with Crippen molar-refractivity contribution < 1.29 is 14.7 Å². The van der Waals surface area contributed by atoms with E-state index in [0.717, 1.165) is 19.3 Å². The van der Waals surface area contributed by atoms with Gasteiger partial charge in [-0.25, -0.2) is 4.79 Å². The third-order valence-corrected chi connectivity index (χ3v) is 3.78. The average Bonchev–Trinajstić information content (AvgIpc) is 2.44. The Kier molecular flexibility index (Phi) is 9.95. The van der Waals surface area contributed by atoms with Crippen molar-refractivity contribution in [3.8, 4) is 0 Å². The second-order valence-electron chi connectivity index (χ2n) is 5.54. The number of carbonyl (C=O) groups excluding carboxylic acids is 1. The molecule has 0 aliphatic rings. The summed E-state index contributed by atoms with van der Waals surface area (Å²) < 4.78 is 0. The Morgan fingerprint density at radius 2 is 1.45 bits per heavy atom. The number of hydrogen-bond donors (Lipinski definition) is 1. The molecule has 0 aliphatic heterocycles. The summed E-state index contributed by atoms with van der Waals surface area (Å²) in [6.07, 6.45) is 10.8. The van der Waals surface area contributed by atoms with E-state index in [1.54, 1.807) is 0 Å². The molecule has 0 bridgehead atoms. The number of hydrogen-bond acceptors (Lipinski definition) is 3. The predicted molar refractivity (Wildman–Crippen MR) is 82.4 cm³/mol. The smallest absolute Gasteiger partial charge is 0.339 e. The van der Waals surface area contributed by atoms with Crippen LogP contribution in [0, 0.1) is 0 Å². The molecule has 0 saturated heterocycles. The third-order valence-electron chi connectivity index (χ3n) is 3.78. The van der Waals surface area contributed by atoms with E-state index in [4.69, 9.17) is 5.11 Å². The lowest BCUT2D eigenvalue weighted by molar-refractivity contribution is -0.147. The maximum Gasteiger partial charge on any atom is 0.339 e. The minimum absolute atomic E-state index is 0.275. The lowest BCUT2D eigenvalue weighted by Crippen LogP contribution is -2.41. The van der Waals surface area contributed by atoms with Gasteiger partial charge in [0.15, 0.2) is 5.78 Å². The minimum Gasteiger partial charge on any atom is -0.479 e. The van der Waals surface area contributed by atoms with Crippen molar-refractivity contribution >= 4 is 18.5 Å². The molecule has 1 unspecified atom stereocenters. The second kappa shape index (κ2) is 10.6. The Balaban J connectivity index is 3.67. The van der Waals surface area contributed by atoms with Gasteiger partial charge < -0.3 is 5.11 Å². The van der Waals surface area contributed by atoms with Crippen molar-refractivity contribution in [2.75, 3.05) is 0 Å². The van der Waals surface area contributed by atoms with Crippen LogP contribution in [0.15, 0.2) is 4.99 Å². The molecule has 0 aromatic carbocycles. The molecule has 0 aromatic rings. The summed E-state index contributed by atoms with van der Waals surface area (Å²) in [5.74, 6) is -1.56. The number of aliphatic imine (C=N–C) groups is 1. The lowest BCUT2D eigenvalue weighted by Gasteiger charge is -2.17. The first kappa shape index (κ1) is 18.8. The fourth-order valence-electron chi connectivity index (χ4n) is 2.11. The Morgan fingerprint density at radius 1 is 1.00 bits per heavy atom. The van der Waals surface area contributed by atoms with E-state index in [-0.39, 0.29) is 12.2 Å². The van der Waals surface area contributed by atoms with E-state index >= 15 is 0 Å². The van der Waals surface area contributed by atoms with Crippen LogP contribution in [-0.2, 0) is 9.59 Å². The summed E-state index contributed by atoms with van der Waals surface area (Å²) in [6.45, 7) is 6.74. The molecule has 1 atom stereocenters. The van der Waals surface area contributed by atoms with Gasteiger partial charge in [0.2, 0.25) is 5.54 Å². The molecule has 0 rings (SSSR count). The van der Waals surface area contributed by atoms with Crippen LogP contribution in [0.4, 0.5) is 0 Å². The standard InChI is InChI=1S/C16H29NO3/c1-4-5-6-7-8-9-10-11-12-13-14(18)16(2,17-3)15(19)20/h3-13H2,1-2H3,(H,19,20). The SMILES string of the molecule is C=NC(C)(C(=O)O)C(=O)CCCCCCCCCCC. The molecule has 0 saturated carbocycles. The van der Waals surface area contributed by atoms with E-state index in [1.807, 2.05) is 0 Å². The highest BCUT2D eigenvalue weighted by Crippen LogP contribution is 2.17. The average molecular weight is 283 g/mol. The van der Waals surface area contributed by atoms with Gasteiger partial charge in [-0.05, 0) is 20.1 Å². The van der Waals surface area contributed by atoms with Crippen LogP contribution in [0.5, 0.6) is 0 Å². The van der Waals surface area contributed by atoms with Crippen molar-refractivity contribution in [1.29, 1.82) is 0 Å². The molecule has 116 valence electrons. The number of carbonyl (C=O) groups is 2. The fourth-order valence-corrected chi connectivity index (χ4v) is 2.11. The van der Waals surface area contributed by atoms with Gasteiger partial charge in [0, 0.05) is 6.42 Å². The van der Waals surface area contributed by atoms with Gasteiger partial charge >= 0.3 is 5.97 Å².